The second-order valence-electron chi connectivity index (χ2n) is 4.81. The van der Waals surface area contributed by atoms with E-state index in [0.29, 0.717) is 0 Å². The van der Waals surface area contributed by atoms with Crippen molar-refractivity contribution in [3.63, 3.8) is 0 Å². The zero-order chi connectivity index (χ0) is 9.12. The summed E-state index contributed by atoms with van der Waals surface area (Å²) in [5, 5.41) is 0. The minimum absolute atomic E-state index is 0.0990. The summed E-state index contributed by atoms with van der Waals surface area (Å²) < 4.78 is 7.34. The van der Waals surface area contributed by atoms with Crippen molar-refractivity contribution in [2.24, 2.45) is 0 Å². The fraction of sp³-hybridized carbons (Fsp3) is 1.00. The third-order valence-electron chi connectivity index (χ3n) is 0.714. The molecule has 0 rings (SSSR count). The van der Waals surface area contributed by atoms with Gasteiger partial charge in [-0.1, -0.05) is 0 Å². The van der Waals surface area contributed by atoms with Crippen molar-refractivity contribution in [1.29, 1.82) is 0 Å². The Hall–Kier alpha value is 1.04. The van der Waals surface area contributed by atoms with Gasteiger partial charge in [0.15, 0.2) is 0 Å². The molecule has 0 atom stereocenters. The molecule has 0 aliphatic heterocycles. The standard InChI is InChI=1S/2C3H10NSi.Mo/c2*1-5(2,3)4;/h2*4H,1-3H3;/q2*-1;+2. The molecular formula is C6H20MoN2Si2. The van der Waals surface area contributed by atoms with Crippen LogP contribution in [0.5, 0.6) is 0 Å². The third-order valence-corrected chi connectivity index (χ3v) is 12.7. The molecule has 0 aromatic heterocycles. The Balaban J connectivity index is 3.44. The second-order valence-corrected chi connectivity index (χ2v) is 17.7. The zero-order valence-electron chi connectivity index (χ0n) is 8.41. The van der Waals surface area contributed by atoms with Gasteiger partial charge in [0.25, 0.3) is 0 Å². The molecule has 11 heavy (non-hydrogen) atoms. The van der Waals surface area contributed by atoms with E-state index in [9.17, 15) is 0 Å². The Kier molecular flexibility index (Phi) is 4.74. The molecule has 0 amide bonds. The van der Waals surface area contributed by atoms with Gasteiger partial charge < -0.3 is 0 Å². The average molecular weight is 272 g/mol. The molecule has 0 unspecified atom stereocenters. The average Bonchev–Trinajstić information content (AvgIpc) is 1.55. The molecule has 0 radical (unpaired) electrons. The van der Waals surface area contributed by atoms with Crippen LogP contribution in [0.4, 0.5) is 0 Å². The summed E-state index contributed by atoms with van der Waals surface area (Å²) in [6.45, 7) is 14.1. The molecule has 0 saturated heterocycles. The first-order valence-corrected chi connectivity index (χ1v) is 12.9. The van der Waals surface area contributed by atoms with Crippen LogP contribution in [0.2, 0.25) is 39.3 Å². The summed E-state index contributed by atoms with van der Waals surface area (Å²) in [6, 6.07) is 0. The Labute approximate surface area is 81.8 Å². The molecular weight excluding hydrogens is 252 g/mol. The number of hydrogen-bond donors (Lipinski definition) is 2. The van der Waals surface area contributed by atoms with Gasteiger partial charge in [-0.25, -0.2) is 0 Å². The number of rotatable bonds is 4. The van der Waals surface area contributed by atoms with Gasteiger partial charge in [-0.3, -0.25) is 0 Å². The first kappa shape index (κ1) is 12.0. The number of hydrogen-bond acceptors (Lipinski definition) is 2. The van der Waals surface area contributed by atoms with E-state index in [-0.39, 0.29) is 19.1 Å². The molecule has 2 N–H and O–H groups in total. The van der Waals surface area contributed by atoms with E-state index in [0.717, 1.165) is 0 Å². The van der Waals surface area contributed by atoms with E-state index in [2.05, 4.69) is 46.4 Å². The molecule has 68 valence electrons. The number of nitrogens with one attached hydrogen (secondary N) is 2. The third kappa shape index (κ3) is 11.0. The van der Waals surface area contributed by atoms with Crippen LogP contribution in [0.3, 0.4) is 0 Å². The zero-order valence-corrected chi connectivity index (χ0v) is 12.4. The fourth-order valence-electron chi connectivity index (χ4n) is 0.332. The molecule has 0 aromatic rings. The van der Waals surface area contributed by atoms with Gasteiger partial charge in [0.2, 0.25) is 0 Å². The van der Waals surface area contributed by atoms with Crippen molar-refractivity contribution in [3.05, 3.63) is 0 Å². The normalized spacial score (nSPS) is 13.6. The summed E-state index contributed by atoms with van der Waals surface area (Å²) in [5.74, 6) is 0. The van der Waals surface area contributed by atoms with E-state index in [1.54, 1.807) is 0 Å². The van der Waals surface area contributed by atoms with Gasteiger partial charge in [0.05, 0.1) is 0 Å². The monoisotopic (exact) mass is 274 g/mol. The second kappa shape index (κ2) is 4.33. The van der Waals surface area contributed by atoms with Crippen LogP contribution < -0.4 is 7.08 Å². The minimum atomic E-state index is -0.989. The molecule has 0 aromatic carbocycles. The van der Waals surface area contributed by atoms with Crippen LogP contribution in [-0.4, -0.2) is 16.5 Å². The fourth-order valence-corrected chi connectivity index (χ4v) is 6.79. The summed E-state index contributed by atoms with van der Waals surface area (Å²) in [7, 11) is -1.98. The first-order valence-electron chi connectivity index (χ1n) is 3.91. The van der Waals surface area contributed by atoms with E-state index >= 15 is 0 Å². The molecule has 0 spiro atoms. The van der Waals surface area contributed by atoms with Crippen molar-refractivity contribution >= 4 is 16.5 Å². The quantitative estimate of drug-likeness (QED) is 0.762. The van der Waals surface area contributed by atoms with Crippen molar-refractivity contribution in [2.75, 3.05) is 0 Å². The SMILES string of the molecule is C[Si](C)(C)[NH][Mo][NH][Si](C)(C)C. The van der Waals surface area contributed by atoms with Crippen molar-refractivity contribution in [3.8, 4) is 0 Å². The van der Waals surface area contributed by atoms with Crippen molar-refractivity contribution in [1.82, 2.24) is 7.08 Å². The van der Waals surface area contributed by atoms with Gasteiger partial charge in [0, 0.05) is 0 Å². The van der Waals surface area contributed by atoms with Crippen LogP contribution in [-0.2, 0) is 19.1 Å². The van der Waals surface area contributed by atoms with Crippen LogP contribution >= 0.6 is 0 Å². The maximum atomic E-state index is 3.67. The Morgan fingerprint density at radius 3 is 1.18 bits per heavy atom. The Morgan fingerprint density at radius 2 is 1.00 bits per heavy atom. The van der Waals surface area contributed by atoms with Crippen LogP contribution in [0.15, 0.2) is 0 Å². The Bertz CT molecular complexity index is 103. The predicted octanol–water partition coefficient (Wildman–Crippen LogP) is 1.75. The van der Waals surface area contributed by atoms with Gasteiger partial charge in [-0.05, 0) is 0 Å². The maximum absolute atomic E-state index is 3.67. The van der Waals surface area contributed by atoms with Crippen LogP contribution in [0.25, 0.3) is 0 Å². The summed E-state index contributed by atoms with van der Waals surface area (Å²) in [4.78, 5) is 0. The van der Waals surface area contributed by atoms with E-state index in [1.807, 2.05) is 0 Å². The Morgan fingerprint density at radius 1 is 0.727 bits per heavy atom. The molecule has 0 heterocycles. The van der Waals surface area contributed by atoms with Gasteiger partial charge in [0.1, 0.15) is 0 Å². The topological polar surface area (TPSA) is 24.1 Å². The van der Waals surface area contributed by atoms with Crippen LogP contribution in [0, 0.1) is 0 Å². The molecule has 0 aliphatic carbocycles. The van der Waals surface area contributed by atoms with Crippen molar-refractivity contribution < 1.29 is 19.1 Å². The summed E-state index contributed by atoms with van der Waals surface area (Å²) in [5.41, 5.74) is 0. The molecule has 0 fully saturated rings. The first-order chi connectivity index (χ1) is 4.71. The van der Waals surface area contributed by atoms with E-state index in [4.69, 9.17) is 0 Å². The molecule has 5 heteroatoms. The van der Waals surface area contributed by atoms with Gasteiger partial charge in [-0.15, -0.1) is 0 Å². The predicted molar refractivity (Wildman–Crippen MR) is 53.0 cm³/mol. The summed E-state index contributed by atoms with van der Waals surface area (Å²) >= 11 is -0.0990. The van der Waals surface area contributed by atoms with Crippen molar-refractivity contribution in [2.45, 2.75) is 39.3 Å². The van der Waals surface area contributed by atoms with Gasteiger partial charge >= 0.3 is 81.9 Å². The van der Waals surface area contributed by atoms with Gasteiger partial charge in [-0.2, -0.15) is 0 Å². The molecule has 0 saturated carbocycles. The molecule has 0 bridgehead atoms. The summed E-state index contributed by atoms with van der Waals surface area (Å²) in [6.07, 6.45) is 0. The van der Waals surface area contributed by atoms with E-state index < -0.39 is 16.5 Å². The van der Waals surface area contributed by atoms with E-state index in [1.165, 1.54) is 0 Å². The van der Waals surface area contributed by atoms with Crippen LogP contribution in [0.1, 0.15) is 0 Å². The molecule has 2 nitrogen and oxygen atoms in total. The molecule has 0 aliphatic rings.